The van der Waals surface area contributed by atoms with Gasteiger partial charge in [-0.3, -0.25) is 0 Å². The molecule has 0 atom stereocenters. The Kier molecular flexibility index (Phi) is 1.34. The zero-order chi connectivity index (χ0) is 7.90. The van der Waals surface area contributed by atoms with Crippen molar-refractivity contribution in [1.29, 1.82) is 0 Å². The molecule has 0 unspecified atom stereocenters. The molecule has 11 heavy (non-hydrogen) atoms. The van der Waals surface area contributed by atoms with Gasteiger partial charge in [0.25, 0.3) is 0 Å². The minimum Gasteiger partial charge on any atom is -0.447 e. The van der Waals surface area contributed by atoms with Gasteiger partial charge in [0.1, 0.15) is 6.61 Å². The molecular formula is C8H13NO2. The molecule has 2 aliphatic rings. The van der Waals surface area contributed by atoms with Gasteiger partial charge in [-0.1, -0.05) is 13.3 Å². The van der Waals surface area contributed by atoms with Crippen molar-refractivity contribution in [3.05, 3.63) is 0 Å². The minimum atomic E-state index is -0.237. The zero-order valence-electron chi connectivity index (χ0n) is 6.72. The van der Waals surface area contributed by atoms with Crippen molar-refractivity contribution in [1.82, 2.24) is 5.32 Å². The Morgan fingerprint density at radius 3 is 2.91 bits per heavy atom. The maximum atomic E-state index is 10.7. The molecule has 0 aromatic heterocycles. The van der Waals surface area contributed by atoms with E-state index in [9.17, 15) is 4.79 Å². The molecule has 62 valence electrons. The number of amides is 1. The largest absolute Gasteiger partial charge is 0.447 e. The van der Waals surface area contributed by atoms with Crippen LogP contribution in [0.15, 0.2) is 0 Å². The molecule has 1 saturated heterocycles. The summed E-state index contributed by atoms with van der Waals surface area (Å²) in [5.41, 5.74) is 0.0394. The maximum absolute atomic E-state index is 10.7. The molecule has 0 bridgehead atoms. The number of alkyl carbamates (subject to hydrolysis) is 1. The van der Waals surface area contributed by atoms with E-state index >= 15 is 0 Å². The SMILES string of the molecule is CCC1CC2(COC(=O)N2)C1. The maximum Gasteiger partial charge on any atom is 0.407 e. The zero-order valence-corrected chi connectivity index (χ0v) is 6.72. The average Bonchev–Trinajstić information content (AvgIpc) is 2.28. The normalized spacial score (nSPS) is 41.5. The first-order valence-corrected chi connectivity index (χ1v) is 4.19. The van der Waals surface area contributed by atoms with Gasteiger partial charge in [-0.2, -0.15) is 0 Å². The van der Waals surface area contributed by atoms with Crippen LogP contribution in [0.25, 0.3) is 0 Å². The predicted octanol–water partition coefficient (Wildman–Crippen LogP) is 1.29. The van der Waals surface area contributed by atoms with Crippen LogP contribution in [0.2, 0.25) is 0 Å². The van der Waals surface area contributed by atoms with Gasteiger partial charge >= 0.3 is 6.09 Å². The smallest absolute Gasteiger partial charge is 0.407 e. The monoisotopic (exact) mass is 155 g/mol. The molecule has 1 aliphatic carbocycles. The number of carbonyl (C=O) groups excluding carboxylic acids is 1. The number of rotatable bonds is 1. The Hall–Kier alpha value is -0.730. The van der Waals surface area contributed by atoms with Crippen LogP contribution in [-0.2, 0) is 4.74 Å². The first-order chi connectivity index (χ1) is 5.24. The standard InChI is InChI=1S/C8H13NO2/c1-2-6-3-8(4-6)5-11-7(10)9-8/h6H,2-5H2,1H3,(H,9,10). The summed E-state index contributed by atoms with van der Waals surface area (Å²) in [7, 11) is 0. The van der Waals surface area contributed by atoms with Crippen LogP contribution in [0.1, 0.15) is 26.2 Å². The second-order valence-electron chi connectivity index (χ2n) is 3.66. The molecule has 0 aromatic carbocycles. The molecule has 3 heteroatoms. The van der Waals surface area contributed by atoms with Crippen LogP contribution in [-0.4, -0.2) is 18.2 Å². The van der Waals surface area contributed by atoms with Crippen LogP contribution in [0.5, 0.6) is 0 Å². The number of hydrogen-bond donors (Lipinski definition) is 1. The molecule has 1 N–H and O–H groups in total. The summed E-state index contributed by atoms with van der Waals surface area (Å²) in [5, 5.41) is 2.87. The Balaban J connectivity index is 1.92. The van der Waals surface area contributed by atoms with E-state index in [1.54, 1.807) is 0 Å². The fourth-order valence-corrected chi connectivity index (χ4v) is 2.05. The highest BCUT2D eigenvalue weighted by Gasteiger charge is 2.49. The molecule has 2 fully saturated rings. The fourth-order valence-electron chi connectivity index (χ4n) is 2.05. The van der Waals surface area contributed by atoms with Crippen molar-refractivity contribution in [3.8, 4) is 0 Å². The van der Waals surface area contributed by atoms with Gasteiger partial charge in [-0.05, 0) is 18.8 Å². The molecule has 2 rings (SSSR count). The number of carbonyl (C=O) groups is 1. The van der Waals surface area contributed by atoms with E-state index in [-0.39, 0.29) is 11.6 Å². The van der Waals surface area contributed by atoms with Crippen molar-refractivity contribution < 1.29 is 9.53 Å². The Bertz CT molecular complexity index is 185. The van der Waals surface area contributed by atoms with Crippen molar-refractivity contribution in [2.24, 2.45) is 5.92 Å². The molecule has 1 heterocycles. The summed E-state index contributed by atoms with van der Waals surface area (Å²) in [4.78, 5) is 10.7. The molecule has 0 radical (unpaired) electrons. The third-order valence-electron chi connectivity index (χ3n) is 2.78. The molecule has 1 spiro atoms. The third kappa shape index (κ3) is 0.988. The van der Waals surface area contributed by atoms with Crippen LogP contribution < -0.4 is 5.32 Å². The number of hydrogen-bond acceptors (Lipinski definition) is 2. The number of ether oxygens (including phenoxy) is 1. The van der Waals surface area contributed by atoms with E-state index in [4.69, 9.17) is 4.74 Å². The quantitative estimate of drug-likeness (QED) is 0.619. The van der Waals surface area contributed by atoms with Gasteiger partial charge in [-0.25, -0.2) is 4.79 Å². The molecule has 1 aliphatic heterocycles. The lowest BCUT2D eigenvalue weighted by molar-refractivity contribution is 0.0997. The number of nitrogens with one attached hydrogen (secondary N) is 1. The van der Waals surface area contributed by atoms with Gasteiger partial charge in [-0.15, -0.1) is 0 Å². The fraction of sp³-hybridized carbons (Fsp3) is 0.875. The second kappa shape index (κ2) is 2.13. The third-order valence-corrected chi connectivity index (χ3v) is 2.78. The molecule has 1 amide bonds. The molecular weight excluding hydrogens is 142 g/mol. The summed E-state index contributed by atoms with van der Waals surface area (Å²) < 4.78 is 4.85. The average molecular weight is 155 g/mol. The van der Waals surface area contributed by atoms with Crippen molar-refractivity contribution in [2.75, 3.05) is 6.61 Å². The van der Waals surface area contributed by atoms with E-state index in [0.717, 1.165) is 18.8 Å². The molecule has 0 aromatic rings. The Morgan fingerprint density at radius 2 is 2.45 bits per heavy atom. The van der Waals surface area contributed by atoms with E-state index in [1.165, 1.54) is 6.42 Å². The van der Waals surface area contributed by atoms with Crippen molar-refractivity contribution in [2.45, 2.75) is 31.7 Å². The van der Waals surface area contributed by atoms with Crippen LogP contribution in [0, 0.1) is 5.92 Å². The van der Waals surface area contributed by atoms with Gasteiger partial charge in [0.15, 0.2) is 0 Å². The lowest BCUT2D eigenvalue weighted by Gasteiger charge is -2.42. The second-order valence-corrected chi connectivity index (χ2v) is 3.66. The summed E-state index contributed by atoms with van der Waals surface area (Å²) >= 11 is 0. The van der Waals surface area contributed by atoms with E-state index in [1.807, 2.05) is 0 Å². The summed E-state index contributed by atoms with van der Waals surface area (Å²) in [6, 6.07) is 0. The minimum absolute atomic E-state index is 0.0394. The lowest BCUT2D eigenvalue weighted by Crippen LogP contribution is -2.53. The highest BCUT2D eigenvalue weighted by Crippen LogP contribution is 2.41. The van der Waals surface area contributed by atoms with E-state index in [0.29, 0.717) is 6.61 Å². The predicted molar refractivity (Wildman–Crippen MR) is 40.2 cm³/mol. The van der Waals surface area contributed by atoms with E-state index in [2.05, 4.69) is 12.2 Å². The highest BCUT2D eigenvalue weighted by atomic mass is 16.6. The van der Waals surface area contributed by atoms with Gasteiger partial charge in [0.05, 0.1) is 5.54 Å². The summed E-state index contributed by atoms with van der Waals surface area (Å²) in [5.74, 6) is 0.803. The summed E-state index contributed by atoms with van der Waals surface area (Å²) in [6.45, 7) is 2.78. The lowest BCUT2D eigenvalue weighted by atomic mass is 9.68. The van der Waals surface area contributed by atoms with Gasteiger partial charge < -0.3 is 10.1 Å². The van der Waals surface area contributed by atoms with Crippen molar-refractivity contribution in [3.63, 3.8) is 0 Å². The molecule has 3 nitrogen and oxygen atoms in total. The Morgan fingerprint density at radius 1 is 1.73 bits per heavy atom. The Labute approximate surface area is 66.1 Å². The topological polar surface area (TPSA) is 38.3 Å². The van der Waals surface area contributed by atoms with Crippen LogP contribution >= 0.6 is 0 Å². The van der Waals surface area contributed by atoms with E-state index < -0.39 is 0 Å². The highest BCUT2D eigenvalue weighted by molar-refractivity contribution is 5.71. The summed E-state index contributed by atoms with van der Waals surface area (Å²) in [6.07, 6.45) is 3.20. The molecule has 1 saturated carbocycles. The number of cyclic esters (lactones) is 1. The first kappa shape index (κ1) is 6.95. The first-order valence-electron chi connectivity index (χ1n) is 4.19. The van der Waals surface area contributed by atoms with Crippen LogP contribution in [0.4, 0.5) is 4.79 Å². The van der Waals surface area contributed by atoms with Crippen LogP contribution in [0.3, 0.4) is 0 Å². The van der Waals surface area contributed by atoms with Crippen molar-refractivity contribution >= 4 is 6.09 Å². The van der Waals surface area contributed by atoms with Gasteiger partial charge in [0.2, 0.25) is 0 Å². The van der Waals surface area contributed by atoms with Gasteiger partial charge in [0, 0.05) is 0 Å².